The SMILES string of the molecule is CCCCCCCCOc1cc(C(=O)Cl)ccc1-c1ccccc1. The van der Waals surface area contributed by atoms with Gasteiger partial charge in [-0.25, -0.2) is 0 Å². The summed E-state index contributed by atoms with van der Waals surface area (Å²) < 4.78 is 5.98. The maximum Gasteiger partial charge on any atom is 0.252 e. The second-order valence-electron chi connectivity index (χ2n) is 5.97. The predicted molar refractivity (Wildman–Crippen MR) is 101 cm³/mol. The Morgan fingerprint density at radius 1 is 0.958 bits per heavy atom. The average Bonchev–Trinajstić information content (AvgIpc) is 2.61. The van der Waals surface area contributed by atoms with Crippen molar-refractivity contribution in [2.75, 3.05) is 6.61 Å². The molecular formula is C21H25ClO2. The number of hydrogen-bond donors (Lipinski definition) is 0. The van der Waals surface area contributed by atoms with Crippen molar-refractivity contribution in [3.63, 3.8) is 0 Å². The molecule has 0 aliphatic heterocycles. The molecule has 2 nitrogen and oxygen atoms in total. The molecule has 0 aliphatic rings. The molecule has 0 amide bonds. The highest BCUT2D eigenvalue weighted by atomic mass is 35.5. The van der Waals surface area contributed by atoms with Crippen LogP contribution in [0.1, 0.15) is 55.8 Å². The summed E-state index contributed by atoms with van der Waals surface area (Å²) in [6.07, 6.45) is 7.31. The van der Waals surface area contributed by atoms with Crippen LogP contribution in [-0.4, -0.2) is 11.8 Å². The minimum Gasteiger partial charge on any atom is -0.493 e. The number of halogens is 1. The molecule has 0 heterocycles. The van der Waals surface area contributed by atoms with Crippen LogP contribution in [0.3, 0.4) is 0 Å². The highest BCUT2D eigenvalue weighted by Crippen LogP contribution is 2.31. The highest BCUT2D eigenvalue weighted by Gasteiger charge is 2.10. The minimum absolute atomic E-state index is 0.459. The Bertz CT molecular complexity index is 638. The molecule has 2 rings (SSSR count). The molecule has 0 fully saturated rings. The lowest BCUT2D eigenvalue weighted by molar-refractivity contribution is 0.108. The van der Waals surface area contributed by atoms with Gasteiger partial charge in [0, 0.05) is 11.1 Å². The van der Waals surface area contributed by atoms with E-state index in [-0.39, 0.29) is 0 Å². The van der Waals surface area contributed by atoms with Crippen LogP contribution in [0.5, 0.6) is 5.75 Å². The van der Waals surface area contributed by atoms with Crippen molar-refractivity contribution in [3.8, 4) is 16.9 Å². The zero-order valence-electron chi connectivity index (χ0n) is 14.3. The van der Waals surface area contributed by atoms with Gasteiger partial charge in [0.25, 0.3) is 5.24 Å². The third-order valence-electron chi connectivity index (χ3n) is 4.05. The van der Waals surface area contributed by atoms with Crippen LogP contribution in [0.25, 0.3) is 11.1 Å². The molecule has 0 bridgehead atoms. The van der Waals surface area contributed by atoms with Crippen LogP contribution in [0.4, 0.5) is 0 Å². The number of carbonyl (C=O) groups is 1. The van der Waals surface area contributed by atoms with Gasteiger partial charge in [0.2, 0.25) is 0 Å². The quantitative estimate of drug-likeness (QED) is 0.364. The average molecular weight is 345 g/mol. The molecule has 3 heteroatoms. The van der Waals surface area contributed by atoms with Gasteiger partial charge in [0.05, 0.1) is 6.61 Å². The molecule has 0 aromatic heterocycles. The lowest BCUT2D eigenvalue weighted by Crippen LogP contribution is -2.01. The van der Waals surface area contributed by atoms with E-state index in [1.807, 2.05) is 36.4 Å². The molecule has 0 atom stereocenters. The first-order chi connectivity index (χ1) is 11.7. The van der Waals surface area contributed by atoms with Gasteiger partial charge in [-0.1, -0.05) is 69.4 Å². The lowest BCUT2D eigenvalue weighted by atomic mass is 10.0. The normalized spacial score (nSPS) is 10.6. The van der Waals surface area contributed by atoms with E-state index in [9.17, 15) is 4.79 Å². The van der Waals surface area contributed by atoms with Gasteiger partial charge in [-0.3, -0.25) is 4.79 Å². The molecule has 0 saturated heterocycles. The molecule has 2 aromatic carbocycles. The van der Waals surface area contributed by atoms with Crippen molar-refractivity contribution in [2.45, 2.75) is 45.4 Å². The fraction of sp³-hybridized carbons (Fsp3) is 0.381. The van der Waals surface area contributed by atoms with Gasteiger partial charge in [-0.15, -0.1) is 0 Å². The first-order valence-electron chi connectivity index (χ1n) is 8.74. The molecule has 0 N–H and O–H groups in total. The molecule has 0 aliphatic carbocycles. The Morgan fingerprint density at radius 2 is 1.67 bits per heavy atom. The van der Waals surface area contributed by atoms with E-state index in [4.69, 9.17) is 16.3 Å². The van der Waals surface area contributed by atoms with Crippen molar-refractivity contribution in [1.29, 1.82) is 0 Å². The minimum atomic E-state index is -0.459. The van der Waals surface area contributed by atoms with E-state index in [2.05, 4.69) is 6.92 Å². The highest BCUT2D eigenvalue weighted by molar-refractivity contribution is 6.67. The number of rotatable bonds is 10. The largest absolute Gasteiger partial charge is 0.493 e. The second-order valence-corrected chi connectivity index (χ2v) is 6.31. The summed E-state index contributed by atoms with van der Waals surface area (Å²) in [6, 6.07) is 15.4. The van der Waals surface area contributed by atoms with Gasteiger partial charge >= 0.3 is 0 Å². The number of unbranched alkanes of at least 4 members (excludes halogenated alkanes) is 5. The van der Waals surface area contributed by atoms with Crippen LogP contribution < -0.4 is 4.74 Å². The van der Waals surface area contributed by atoms with Crippen molar-refractivity contribution in [2.24, 2.45) is 0 Å². The number of hydrogen-bond acceptors (Lipinski definition) is 2. The van der Waals surface area contributed by atoms with Crippen LogP contribution in [0.15, 0.2) is 48.5 Å². The van der Waals surface area contributed by atoms with Gasteiger partial charge in [-0.05, 0) is 41.8 Å². The van der Waals surface area contributed by atoms with Crippen molar-refractivity contribution < 1.29 is 9.53 Å². The molecule has 24 heavy (non-hydrogen) atoms. The Morgan fingerprint density at radius 3 is 2.38 bits per heavy atom. The third-order valence-corrected chi connectivity index (χ3v) is 4.27. The van der Waals surface area contributed by atoms with Crippen LogP contribution in [0, 0.1) is 0 Å². The lowest BCUT2D eigenvalue weighted by Gasteiger charge is -2.13. The topological polar surface area (TPSA) is 26.3 Å². The van der Waals surface area contributed by atoms with Gasteiger partial charge < -0.3 is 4.74 Å². The van der Waals surface area contributed by atoms with Gasteiger partial charge in [0.15, 0.2) is 0 Å². The Balaban J connectivity index is 2.02. The van der Waals surface area contributed by atoms with Gasteiger partial charge in [-0.2, -0.15) is 0 Å². The maximum absolute atomic E-state index is 11.4. The Kier molecular flexibility index (Phi) is 7.84. The summed E-state index contributed by atoms with van der Waals surface area (Å²) in [6.45, 7) is 2.88. The van der Waals surface area contributed by atoms with E-state index in [0.29, 0.717) is 12.2 Å². The fourth-order valence-electron chi connectivity index (χ4n) is 2.68. The monoisotopic (exact) mass is 344 g/mol. The summed E-state index contributed by atoms with van der Waals surface area (Å²) in [5.74, 6) is 0.723. The van der Waals surface area contributed by atoms with Crippen molar-refractivity contribution in [3.05, 3.63) is 54.1 Å². The van der Waals surface area contributed by atoms with E-state index in [1.165, 1.54) is 32.1 Å². The van der Waals surface area contributed by atoms with Crippen LogP contribution >= 0.6 is 11.6 Å². The standard InChI is InChI=1S/C21H25ClO2/c1-2-3-4-5-6-10-15-24-20-16-18(21(22)23)13-14-19(20)17-11-8-7-9-12-17/h7-9,11-14,16H,2-6,10,15H2,1H3. The summed E-state index contributed by atoms with van der Waals surface area (Å²) in [7, 11) is 0. The second kappa shape index (κ2) is 10.1. The van der Waals surface area contributed by atoms with E-state index in [0.717, 1.165) is 23.3 Å². The molecule has 128 valence electrons. The molecular weight excluding hydrogens is 320 g/mol. The zero-order chi connectivity index (χ0) is 17.2. The first kappa shape index (κ1) is 18.5. The van der Waals surface area contributed by atoms with Crippen LogP contribution in [-0.2, 0) is 0 Å². The molecule has 2 aromatic rings. The number of carbonyl (C=O) groups excluding carboxylic acids is 1. The van der Waals surface area contributed by atoms with Gasteiger partial charge in [0.1, 0.15) is 5.75 Å². The van der Waals surface area contributed by atoms with E-state index >= 15 is 0 Å². The summed E-state index contributed by atoms with van der Waals surface area (Å²) in [4.78, 5) is 11.4. The summed E-state index contributed by atoms with van der Waals surface area (Å²) in [5, 5.41) is -0.459. The number of benzene rings is 2. The van der Waals surface area contributed by atoms with Crippen molar-refractivity contribution in [1.82, 2.24) is 0 Å². The van der Waals surface area contributed by atoms with Crippen LogP contribution in [0.2, 0.25) is 0 Å². The molecule has 0 spiro atoms. The maximum atomic E-state index is 11.4. The Labute approximate surface area is 149 Å². The molecule has 0 saturated carbocycles. The summed E-state index contributed by atoms with van der Waals surface area (Å²) >= 11 is 5.61. The Hall–Kier alpha value is -1.80. The molecule has 0 radical (unpaired) electrons. The first-order valence-corrected chi connectivity index (χ1v) is 9.12. The fourth-order valence-corrected chi connectivity index (χ4v) is 2.80. The van der Waals surface area contributed by atoms with E-state index in [1.54, 1.807) is 12.1 Å². The van der Waals surface area contributed by atoms with E-state index < -0.39 is 5.24 Å². The van der Waals surface area contributed by atoms with Crippen molar-refractivity contribution >= 4 is 16.8 Å². The summed E-state index contributed by atoms with van der Waals surface area (Å²) in [5.41, 5.74) is 2.53. The number of ether oxygens (including phenoxy) is 1. The predicted octanol–water partition coefficient (Wildman–Crippen LogP) is 6.47. The molecule has 0 unspecified atom stereocenters. The smallest absolute Gasteiger partial charge is 0.252 e. The third kappa shape index (κ3) is 5.68. The zero-order valence-corrected chi connectivity index (χ0v) is 15.0.